The summed E-state index contributed by atoms with van der Waals surface area (Å²) in [6, 6.07) is 12.4. The molecular weight excluding hydrogens is 446 g/mol. The van der Waals surface area contributed by atoms with Crippen LogP contribution in [0.25, 0.3) is 0 Å². The molecule has 0 bridgehead atoms. The molecule has 9 nitrogen and oxygen atoms in total. The van der Waals surface area contributed by atoms with Crippen molar-refractivity contribution in [3.63, 3.8) is 0 Å². The molecule has 0 aliphatic carbocycles. The molecule has 1 amide bonds. The quantitative estimate of drug-likeness (QED) is 0.217. The van der Waals surface area contributed by atoms with Gasteiger partial charge < -0.3 is 25.1 Å². The summed E-state index contributed by atoms with van der Waals surface area (Å²) in [5.74, 6) is 0.0517. The number of ether oxygens (including phenoxy) is 1. The zero-order valence-electron chi connectivity index (χ0n) is 19.2. The number of aromatic hydroxyl groups is 1. The van der Waals surface area contributed by atoms with Crippen molar-refractivity contribution in [2.45, 2.75) is 44.9 Å². The minimum Gasteiger partial charge on any atom is -0.504 e. The Bertz CT molecular complexity index is 958. The fourth-order valence-corrected chi connectivity index (χ4v) is 3.65. The van der Waals surface area contributed by atoms with Gasteiger partial charge in [0.1, 0.15) is 6.10 Å². The maximum atomic E-state index is 12.5. The topological polar surface area (TPSA) is 113 Å². The molecule has 180 valence electrons. The van der Waals surface area contributed by atoms with Crippen LogP contribution in [-0.2, 0) is 9.02 Å². The lowest BCUT2D eigenvalue weighted by Crippen LogP contribution is -2.46. The van der Waals surface area contributed by atoms with E-state index in [2.05, 4.69) is 11.0 Å². The molecule has 3 rings (SSSR count). The predicted molar refractivity (Wildman–Crippen MR) is 127 cm³/mol. The largest absolute Gasteiger partial charge is 0.504 e. The van der Waals surface area contributed by atoms with E-state index in [0.717, 1.165) is 23.3 Å². The summed E-state index contributed by atoms with van der Waals surface area (Å²) in [6.45, 7) is 6.63. The summed E-state index contributed by atoms with van der Waals surface area (Å²) >= 11 is 1.05. The molecule has 2 aromatic rings. The molecule has 33 heavy (non-hydrogen) atoms. The number of nitrogens with zero attached hydrogens (tertiary/aromatic N) is 1. The lowest BCUT2D eigenvalue weighted by atomic mass is 9.98. The molecule has 0 radical (unpaired) electrons. The molecule has 1 aliphatic heterocycles. The monoisotopic (exact) mass is 477 g/mol. The highest BCUT2D eigenvalue weighted by atomic mass is 32.2. The summed E-state index contributed by atoms with van der Waals surface area (Å²) in [5, 5.41) is 23.9. The van der Waals surface area contributed by atoms with E-state index in [1.165, 1.54) is 12.1 Å². The van der Waals surface area contributed by atoms with Crippen molar-refractivity contribution in [2.75, 3.05) is 24.2 Å². The minimum atomic E-state index is -0.838. The van der Waals surface area contributed by atoms with E-state index in [0.29, 0.717) is 18.5 Å². The molecule has 0 saturated heterocycles. The first kappa shape index (κ1) is 25.1. The molecule has 0 spiro atoms. The van der Waals surface area contributed by atoms with Crippen molar-refractivity contribution in [3.8, 4) is 11.5 Å². The van der Waals surface area contributed by atoms with Crippen LogP contribution < -0.4 is 20.7 Å². The first-order chi connectivity index (χ1) is 15.7. The molecule has 0 fully saturated rings. The standard InChI is InChI=1S/C23H31N3O6S/c1-15-17-7-5-6-8-18(17)26(22(29)30-15)12-11-23(2,3)24-14-20(28)16-9-10-19(27)21(13-16)31-25-32-33-4/h5-10,13,15,20,24-25,27-28H,11-12,14H2,1-4H3. The number of benzene rings is 2. The molecule has 1 aliphatic rings. The van der Waals surface area contributed by atoms with Crippen molar-refractivity contribution < 1.29 is 28.9 Å². The van der Waals surface area contributed by atoms with Crippen molar-refractivity contribution in [1.82, 2.24) is 11.0 Å². The number of nitrogens with one attached hydrogen (secondary N) is 2. The average Bonchev–Trinajstić information content (AvgIpc) is 2.79. The number of aliphatic hydroxyl groups is 1. The third-order valence-electron chi connectivity index (χ3n) is 5.54. The highest BCUT2D eigenvalue weighted by molar-refractivity contribution is 7.93. The fourth-order valence-electron chi connectivity index (χ4n) is 3.55. The second kappa shape index (κ2) is 11.1. The van der Waals surface area contributed by atoms with Crippen LogP contribution in [0.3, 0.4) is 0 Å². The molecule has 0 saturated carbocycles. The average molecular weight is 478 g/mol. The third kappa shape index (κ3) is 6.52. The number of hydrogen-bond acceptors (Lipinski definition) is 9. The first-order valence-corrected chi connectivity index (χ1v) is 11.8. The lowest BCUT2D eigenvalue weighted by Gasteiger charge is -2.35. The van der Waals surface area contributed by atoms with Gasteiger partial charge >= 0.3 is 6.09 Å². The maximum absolute atomic E-state index is 12.5. The van der Waals surface area contributed by atoms with E-state index in [-0.39, 0.29) is 35.8 Å². The van der Waals surface area contributed by atoms with E-state index in [1.54, 1.807) is 17.2 Å². The minimum absolute atomic E-state index is 0.0838. The van der Waals surface area contributed by atoms with Gasteiger partial charge in [0.15, 0.2) is 11.5 Å². The van der Waals surface area contributed by atoms with Gasteiger partial charge in [0.2, 0.25) is 0 Å². The fraction of sp³-hybridized carbons (Fsp3) is 0.435. The number of carbonyl (C=O) groups excluding carboxylic acids is 1. The van der Waals surface area contributed by atoms with Crippen LogP contribution in [0.4, 0.5) is 10.5 Å². The highest BCUT2D eigenvalue weighted by Crippen LogP contribution is 2.34. The Morgan fingerprint density at radius 3 is 2.79 bits per heavy atom. The number of phenols is 1. The highest BCUT2D eigenvalue weighted by Gasteiger charge is 2.31. The second-order valence-electron chi connectivity index (χ2n) is 8.43. The van der Waals surface area contributed by atoms with Gasteiger partial charge in [-0.25, -0.2) is 4.79 Å². The second-order valence-corrected chi connectivity index (χ2v) is 8.93. The third-order valence-corrected chi connectivity index (χ3v) is 5.77. The van der Waals surface area contributed by atoms with Crippen molar-refractivity contribution in [3.05, 3.63) is 53.6 Å². The van der Waals surface area contributed by atoms with Crippen LogP contribution in [0.15, 0.2) is 42.5 Å². The van der Waals surface area contributed by atoms with E-state index in [1.807, 2.05) is 45.0 Å². The Labute approximate surface area is 198 Å². The van der Waals surface area contributed by atoms with Gasteiger partial charge in [-0.2, -0.15) is 4.28 Å². The normalized spacial score (nSPS) is 16.8. The van der Waals surface area contributed by atoms with Gasteiger partial charge in [-0.1, -0.05) is 24.3 Å². The number of β-amino-alcohol motifs (C(OH)–C–C–N with tert-alkyl or cyclic N) is 1. The van der Waals surface area contributed by atoms with Gasteiger partial charge in [-0.05, 0) is 56.6 Å². The number of fused-ring (bicyclic) bond motifs is 1. The van der Waals surface area contributed by atoms with Gasteiger partial charge in [-0.15, -0.1) is 0 Å². The number of carbonyl (C=O) groups is 1. The zero-order valence-corrected chi connectivity index (χ0v) is 20.0. The molecule has 1 heterocycles. The Hall–Kier alpha value is -2.50. The number of hydrogen-bond donors (Lipinski definition) is 4. The van der Waals surface area contributed by atoms with E-state index < -0.39 is 6.10 Å². The van der Waals surface area contributed by atoms with Crippen LogP contribution in [0, 0.1) is 0 Å². The van der Waals surface area contributed by atoms with Crippen LogP contribution >= 0.6 is 12.0 Å². The SMILES string of the molecule is CSONOc1cc(C(O)CNC(C)(C)CCN2C(=O)OC(C)c3ccccc32)ccc1O. The summed E-state index contributed by atoms with van der Waals surface area (Å²) in [5.41, 5.74) is 4.29. The van der Waals surface area contributed by atoms with E-state index in [9.17, 15) is 15.0 Å². The van der Waals surface area contributed by atoms with Crippen LogP contribution in [-0.4, -0.2) is 41.2 Å². The van der Waals surface area contributed by atoms with Crippen LogP contribution in [0.1, 0.15) is 50.5 Å². The number of anilines is 1. The summed E-state index contributed by atoms with van der Waals surface area (Å²) in [6.07, 6.45) is 0.880. The number of para-hydroxylation sites is 1. The van der Waals surface area contributed by atoms with Crippen molar-refractivity contribution in [1.29, 1.82) is 0 Å². The number of amides is 1. The molecule has 4 N–H and O–H groups in total. The summed E-state index contributed by atoms with van der Waals surface area (Å²) in [4.78, 5) is 19.3. The van der Waals surface area contributed by atoms with E-state index in [4.69, 9.17) is 13.9 Å². The van der Waals surface area contributed by atoms with Gasteiger partial charge in [-0.3, -0.25) is 4.90 Å². The molecule has 2 unspecified atom stereocenters. The smallest absolute Gasteiger partial charge is 0.414 e. The van der Waals surface area contributed by atoms with Gasteiger partial charge in [0, 0.05) is 42.5 Å². The Kier molecular flexibility index (Phi) is 8.44. The maximum Gasteiger partial charge on any atom is 0.414 e. The predicted octanol–water partition coefficient (Wildman–Crippen LogP) is 3.99. The molecule has 2 atom stereocenters. The summed E-state index contributed by atoms with van der Waals surface area (Å²) < 4.78 is 10.3. The number of phenolic OH excluding ortho intramolecular Hbond substituents is 1. The van der Waals surface area contributed by atoms with Crippen LogP contribution in [0.2, 0.25) is 0 Å². The number of cyclic esters (lactones) is 1. The van der Waals surface area contributed by atoms with Crippen LogP contribution in [0.5, 0.6) is 11.5 Å². The number of aliphatic hydroxyl groups excluding tert-OH is 1. The summed E-state index contributed by atoms with van der Waals surface area (Å²) in [7, 11) is 0. The first-order valence-electron chi connectivity index (χ1n) is 10.7. The van der Waals surface area contributed by atoms with Gasteiger partial charge in [0.05, 0.1) is 11.8 Å². The van der Waals surface area contributed by atoms with Crippen molar-refractivity contribution >= 4 is 23.8 Å². The Morgan fingerprint density at radius 1 is 1.27 bits per heavy atom. The molecule has 10 heteroatoms. The van der Waals surface area contributed by atoms with Crippen molar-refractivity contribution in [2.24, 2.45) is 0 Å². The van der Waals surface area contributed by atoms with E-state index >= 15 is 0 Å². The molecule has 2 aromatic carbocycles. The Morgan fingerprint density at radius 2 is 2.03 bits per heavy atom. The zero-order chi connectivity index (χ0) is 24.0. The number of rotatable bonds is 11. The lowest BCUT2D eigenvalue weighted by molar-refractivity contribution is -0.00335. The Balaban J connectivity index is 1.57. The molecule has 0 aromatic heterocycles. The van der Waals surface area contributed by atoms with Gasteiger partial charge in [0.25, 0.3) is 0 Å². The molecular formula is C23H31N3O6S.